The first-order chi connectivity index (χ1) is 7.31. The lowest BCUT2D eigenvalue weighted by Crippen LogP contribution is -2.22. The van der Waals surface area contributed by atoms with E-state index in [2.05, 4.69) is 12.2 Å². The topological polar surface area (TPSA) is 30.5 Å². The van der Waals surface area contributed by atoms with Gasteiger partial charge in [0.1, 0.15) is 12.0 Å². The zero-order valence-corrected chi connectivity index (χ0v) is 9.19. The molecular weight excluding hydrogens is 190 g/mol. The molecule has 1 fully saturated rings. The first kappa shape index (κ1) is 10.5. The van der Waals surface area contributed by atoms with Gasteiger partial charge in [0.05, 0.1) is 13.2 Å². The maximum atomic E-state index is 5.65. The van der Waals surface area contributed by atoms with Crippen molar-refractivity contribution in [2.45, 2.75) is 26.1 Å². The van der Waals surface area contributed by atoms with Gasteiger partial charge in [-0.3, -0.25) is 5.32 Å². The van der Waals surface area contributed by atoms with Gasteiger partial charge in [-0.05, 0) is 19.9 Å². The number of hydrogen-bond donors (Lipinski definition) is 1. The lowest BCUT2D eigenvalue weighted by molar-refractivity contribution is 0.0980. The molecule has 1 N–H and O–H groups in total. The van der Waals surface area contributed by atoms with E-state index in [0.29, 0.717) is 12.6 Å². The molecule has 0 bridgehead atoms. The van der Waals surface area contributed by atoms with E-state index in [1.165, 1.54) is 0 Å². The minimum Gasteiger partial charge on any atom is -0.493 e. The Balaban J connectivity index is 2.19. The molecule has 2 unspecified atom stereocenters. The summed E-state index contributed by atoms with van der Waals surface area (Å²) < 4.78 is 11.2. The number of benzene rings is 1. The van der Waals surface area contributed by atoms with Gasteiger partial charge < -0.3 is 9.47 Å². The molecule has 0 aliphatic carbocycles. The fourth-order valence-electron chi connectivity index (χ4n) is 1.76. The van der Waals surface area contributed by atoms with E-state index in [-0.39, 0.29) is 6.23 Å². The van der Waals surface area contributed by atoms with Crippen molar-refractivity contribution < 1.29 is 9.47 Å². The molecule has 15 heavy (non-hydrogen) atoms. The molecule has 1 aromatic rings. The van der Waals surface area contributed by atoms with Crippen molar-refractivity contribution in [2.24, 2.45) is 0 Å². The van der Waals surface area contributed by atoms with Crippen molar-refractivity contribution in [3.8, 4) is 5.75 Å². The lowest BCUT2D eigenvalue weighted by Gasteiger charge is -2.15. The maximum absolute atomic E-state index is 5.65. The van der Waals surface area contributed by atoms with Gasteiger partial charge >= 0.3 is 0 Å². The molecule has 0 aromatic heterocycles. The number of hydrogen-bond acceptors (Lipinski definition) is 3. The summed E-state index contributed by atoms with van der Waals surface area (Å²) in [4.78, 5) is 0. The van der Waals surface area contributed by atoms with Crippen LogP contribution in [0.2, 0.25) is 0 Å². The van der Waals surface area contributed by atoms with Crippen molar-refractivity contribution in [1.82, 2.24) is 5.32 Å². The van der Waals surface area contributed by atoms with Gasteiger partial charge in [-0.25, -0.2) is 0 Å². The summed E-state index contributed by atoms with van der Waals surface area (Å²) in [6.07, 6.45) is -0.0252. The van der Waals surface area contributed by atoms with Crippen molar-refractivity contribution in [2.75, 3.05) is 13.2 Å². The van der Waals surface area contributed by atoms with Crippen LogP contribution < -0.4 is 10.1 Å². The predicted molar refractivity (Wildman–Crippen MR) is 58.9 cm³/mol. The highest BCUT2D eigenvalue weighted by Crippen LogP contribution is 2.28. The predicted octanol–water partition coefficient (Wildman–Crippen LogP) is 2.09. The summed E-state index contributed by atoms with van der Waals surface area (Å²) in [6.45, 7) is 5.54. The van der Waals surface area contributed by atoms with Gasteiger partial charge in [-0.1, -0.05) is 18.2 Å². The van der Waals surface area contributed by atoms with Crippen molar-refractivity contribution in [3.05, 3.63) is 29.8 Å². The fraction of sp³-hybridized carbons (Fsp3) is 0.500. The summed E-state index contributed by atoms with van der Waals surface area (Å²) >= 11 is 0. The lowest BCUT2D eigenvalue weighted by atomic mass is 10.1. The summed E-state index contributed by atoms with van der Waals surface area (Å²) in [5.74, 6) is 0.909. The zero-order valence-electron chi connectivity index (χ0n) is 9.19. The second-order valence-electron chi connectivity index (χ2n) is 3.75. The second-order valence-corrected chi connectivity index (χ2v) is 3.75. The highest BCUT2D eigenvalue weighted by atomic mass is 16.5. The molecule has 1 aromatic carbocycles. The van der Waals surface area contributed by atoms with Gasteiger partial charge in [0, 0.05) is 11.6 Å². The third-order valence-corrected chi connectivity index (χ3v) is 2.45. The number of nitrogens with one attached hydrogen (secondary N) is 1. The van der Waals surface area contributed by atoms with Crippen molar-refractivity contribution in [1.29, 1.82) is 0 Å². The molecule has 3 heteroatoms. The van der Waals surface area contributed by atoms with Crippen LogP contribution in [0.4, 0.5) is 0 Å². The minimum absolute atomic E-state index is 0.0252. The summed E-state index contributed by atoms with van der Waals surface area (Å²) in [6, 6.07) is 8.41. The smallest absolute Gasteiger partial charge is 0.138 e. The SMILES string of the molecule is CCOc1ccccc1C1NC(C)CO1. The van der Waals surface area contributed by atoms with Crippen LogP contribution in [0.5, 0.6) is 5.75 Å². The highest BCUT2D eigenvalue weighted by Gasteiger charge is 2.24. The fourth-order valence-corrected chi connectivity index (χ4v) is 1.76. The molecule has 2 rings (SSSR count). The molecule has 2 atom stereocenters. The highest BCUT2D eigenvalue weighted by molar-refractivity contribution is 5.35. The number of ether oxygens (including phenoxy) is 2. The van der Waals surface area contributed by atoms with Gasteiger partial charge in [0.25, 0.3) is 0 Å². The summed E-state index contributed by atoms with van der Waals surface area (Å²) in [7, 11) is 0. The molecule has 82 valence electrons. The maximum Gasteiger partial charge on any atom is 0.138 e. The molecule has 0 spiro atoms. The van der Waals surface area contributed by atoms with E-state index < -0.39 is 0 Å². The van der Waals surface area contributed by atoms with Crippen molar-refractivity contribution >= 4 is 0 Å². The third kappa shape index (κ3) is 2.30. The molecule has 1 heterocycles. The first-order valence-electron chi connectivity index (χ1n) is 5.40. The molecule has 1 aliphatic rings. The van der Waals surface area contributed by atoms with Gasteiger partial charge in [-0.2, -0.15) is 0 Å². The Morgan fingerprint density at radius 1 is 1.47 bits per heavy atom. The normalized spacial score (nSPS) is 25.5. The van der Waals surface area contributed by atoms with Crippen LogP contribution in [0, 0.1) is 0 Å². The summed E-state index contributed by atoms with van der Waals surface area (Å²) in [5.41, 5.74) is 1.09. The quantitative estimate of drug-likeness (QED) is 0.823. The molecule has 3 nitrogen and oxygen atoms in total. The van der Waals surface area contributed by atoms with Crippen LogP contribution in [0.25, 0.3) is 0 Å². The Labute approximate surface area is 90.4 Å². The molecule has 0 amide bonds. The summed E-state index contributed by atoms with van der Waals surface area (Å²) in [5, 5.41) is 3.37. The standard InChI is InChI=1S/C12H17NO2/c1-3-14-11-7-5-4-6-10(11)12-13-9(2)8-15-12/h4-7,9,12-13H,3,8H2,1-2H3. The minimum atomic E-state index is -0.0252. The van der Waals surface area contributed by atoms with Crippen LogP contribution >= 0.6 is 0 Å². The first-order valence-corrected chi connectivity index (χ1v) is 5.40. The Morgan fingerprint density at radius 3 is 2.93 bits per heavy atom. The van der Waals surface area contributed by atoms with E-state index >= 15 is 0 Å². The molecule has 1 saturated heterocycles. The Bertz CT molecular complexity index is 327. The van der Waals surface area contributed by atoms with E-state index in [0.717, 1.165) is 17.9 Å². The van der Waals surface area contributed by atoms with Crippen LogP contribution in [0.3, 0.4) is 0 Å². The average Bonchev–Trinajstić information content (AvgIpc) is 2.66. The average molecular weight is 207 g/mol. The molecule has 0 radical (unpaired) electrons. The van der Waals surface area contributed by atoms with Crippen LogP contribution in [0.15, 0.2) is 24.3 Å². The molecular formula is C12H17NO2. The molecule has 0 saturated carbocycles. The number of rotatable bonds is 3. The van der Waals surface area contributed by atoms with Gasteiger partial charge in [0.15, 0.2) is 0 Å². The van der Waals surface area contributed by atoms with Crippen LogP contribution in [0.1, 0.15) is 25.6 Å². The van der Waals surface area contributed by atoms with Gasteiger partial charge in [0.2, 0.25) is 0 Å². The molecule has 1 aliphatic heterocycles. The number of para-hydroxylation sites is 1. The Morgan fingerprint density at radius 2 is 2.27 bits per heavy atom. The Hall–Kier alpha value is -1.06. The van der Waals surface area contributed by atoms with Crippen LogP contribution in [-0.4, -0.2) is 19.3 Å². The van der Waals surface area contributed by atoms with E-state index in [1.54, 1.807) is 0 Å². The van der Waals surface area contributed by atoms with Gasteiger partial charge in [-0.15, -0.1) is 0 Å². The second kappa shape index (κ2) is 4.64. The largest absolute Gasteiger partial charge is 0.493 e. The monoisotopic (exact) mass is 207 g/mol. The zero-order chi connectivity index (χ0) is 10.7. The third-order valence-electron chi connectivity index (χ3n) is 2.45. The Kier molecular flexibility index (Phi) is 3.23. The van der Waals surface area contributed by atoms with E-state index in [4.69, 9.17) is 9.47 Å². The van der Waals surface area contributed by atoms with E-state index in [9.17, 15) is 0 Å². The van der Waals surface area contributed by atoms with Crippen LogP contribution in [-0.2, 0) is 4.74 Å². The van der Waals surface area contributed by atoms with E-state index in [1.807, 2.05) is 31.2 Å². The van der Waals surface area contributed by atoms with Crippen molar-refractivity contribution in [3.63, 3.8) is 0 Å².